The molecule has 2 aromatic rings. The fourth-order valence-electron chi connectivity index (χ4n) is 1.83. The molecule has 0 aliphatic carbocycles. The van der Waals surface area contributed by atoms with Crippen molar-refractivity contribution in [2.75, 3.05) is 7.11 Å². The monoisotopic (exact) mass is 412 g/mol. The van der Waals surface area contributed by atoms with Gasteiger partial charge in [0, 0.05) is 12.1 Å². The SMILES string of the molecule is COc1c([N+](=O)[O-])cc(C(=O)N/N=C\c2ccc(Br)o2)cc1[N+](=O)[O-]. The standard InChI is InChI=1S/C13H9BrN4O7/c1-24-12-9(17(20)21)4-7(5-10(12)18(22)23)13(19)16-15-6-8-2-3-11(14)25-8/h2-6H,1H3,(H,16,19)/b15-6-. The predicted octanol–water partition coefficient (Wildman–Crippen LogP) is 2.63. The van der Waals surface area contributed by atoms with Crippen LogP contribution in [0.2, 0.25) is 0 Å². The van der Waals surface area contributed by atoms with Gasteiger partial charge in [-0.05, 0) is 28.1 Å². The van der Waals surface area contributed by atoms with Crippen molar-refractivity contribution in [1.29, 1.82) is 0 Å². The third-order valence-corrected chi connectivity index (χ3v) is 3.29. The summed E-state index contributed by atoms with van der Waals surface area (Å²) in [6.07, 6.45) is 1.19. The molecule has 0 spiro atoms. The number of carbonyl (C=O) groups is 1. The molecular formula is C13H9BrN4O7. The van der Waals surface area contributed by atoms with E-state index >= 15 is 0 Å². The van der Waals surface area contributed by atoms with Crippen LogP contribution in [-0.2, 0) is 0 Å². The number of amides is 1. The number of rotatable bonds is 6. The summed E-state index contributed by atoms with van der Waals surface area (Å²) in [6.45, 7) is 0. The van der Waals surface area contributed by atoms with E-state index in [0.717, 1.165) is 19.2 Å². The number of nitro groups is 2. The van der Waals surface area contributed by atoms with Crippen molar-refractivity contribution in [1.82, 2.24) is 5.43 Å². The van der Waals surface area contributed by atoms with Crippen molar-refractivity contribution in [3.63, 3.8) is 0 Å². The van der Waals surface area contributed by atoms with Crippen LogP contribution in [0.4, 0.5) is 11.4 Å². The first-order valence-electron chi connectivity index (χ1n) is 6.43. The lowest BCUT2D eigenvalue weighted by Gasteiger charge is -2.05. The van der Waals surface area contributed by atoms with Crippen molar-refractivity contribution in [2.45, 2.75) is 0 Å². The number of hydrazone groups is 1. The van der Waals surface area contributed by atoms with Gasteiger partial charge < -0.3 is 9.15 Å². The second-order valence-corrected chi connectivity index (χ2v) is 5.18. The average Bonchev–Trinajstić information content (AvgIpc) is 2.98. The highest BCUT2D eigenvalue weighted by molar-refractivity contribution is 9.10. The van der Waals surface area contributed by atoms with E-state index in [2.05, 4.69) is 26.5 Å². The van der Waals surface area contributed by atoms with E-state index in [0.29, 0.717) is 10.4 Å². The fourth-order valence-corrected chi connectivity index (χ4v) is 2.15. The first-order valence-corrected chi connectivity index (χ1v) is 7.22. The molecule has 1 aromatic heterocycles. The zero-order valence-electron chi connectivity index (χ0n) is 12.5. The van der Waals surface area contributed by atoms with Gasteiger partial charge in [0.1, 0.15) is 5.76 Å². The Morgan fingerprint density at radius 2 is 1.88 bits per heavy atom. The summed E-state index contributed by atoms with van der Waals surface area (Å²) >= 11 is 3.09. The summed E-state index contributed by atoms with van der Waals surface area (Å²) in [6, 6.07) is 4.91. The van der Waals surface area contributed by atoms with Gasteiger partial charge in [-0.25, -0.2) is 5.43 Å². The maximum atomic E-state index is 12.0. The van der Waals surface area contributed by atoms with Crippen LogP contribution >= 0.6 is 15.9 Å². The van der Waals surface area contributed by atoms with Crippen molar-refractivity contribution in [3.8, 4) is 5.75 Å². The van der Waals surface area contributed by atoms with Crippen LogP contribution in [0.3, 0.4) is 0 Å². The number of furan rings is 1. The van der Waals surface area contributed by atoms with E-state index < -0.39 is 32.9 Å². The fraction of sp³-hybridized carbons (Fsp3) is 0.0769. The molecule has 130 valence electrons. The average molecular weight is 413 g/mol. The lowest BCUT2D eigenvalue weighted by atomic mass is 10.1. The van der Waals surface area contributed by atoms with E-state index in [1.165, 1.54) is 6.21 Å². The molecule has 25 heavy (non-hydrogen) atoms. The largest absolute Gasteiger partial charge is 0.485 e. The molecule has 0 saturated carbocycles. The minimum absolute atomic E-state index is 0.322. The molecule has 12 heteroatoms. The zero-order valence-corrected chi connectivity index (χ0v) is 14.1. The quantitative estimate of drug-likeness (QED) is 0.434. The molecule has 0 unspecified atom stereocenters. The summed E-state index contributed by atoms with van der Waals surface area (Å²) in [7, 11) is 1.06. The summed E-state index contributed by atoms with van der Waals surface area (Å²) in [5.41, 5.74) is 0.358. The second-order valence-electron chi connectivity index (χ2n) is 4.40. The molecular weight excluding hydrogens is 404 g/mol. The Hall–Kier alpha value is -3.28. The zero-order chi connectivity index (χ0) is 18.6. The van der Waals surface area contributed by atoms with Gasteiger partial charge in [-0.1, -0.05) is 0 Å². The highest BCUT2D eigenvalue weighted by Crippen LogP contribution is 2.37. The molecule has 1 N–H and O–H groups in total. The Bertz CT molecular complexity index is 842. The van der Waals surface area contributed by atoms with Crippen LogP contribution in [0.1, 0.15) is 16.1 Å². The third-order valence-electron chi connectivity index (χ3n) is 2.86. The van der Waals surface area contributed by atoms with Gasteiger partial charge in [0.05, 0.1) is 28.7 Å². The number of carbonyl (C=O) groups excluding carboxylic acids is 1. The normalized spacial score (nSPS) is 10.6. The number of nitrogens with zero attached hydrogens (tertiary/aromatic N) is 3. The summed E-state index contributed by atoms with van der Waals surface area (Å²) < 4.78 is 10.3. The first-order chi connectivity index (χ1) is 11.8. The molecule has 1 aromatic carbocycles. The van der Waals surface area contributed by atoms with Crippen LogP contribution < -0.4 is 10.2 Å². The van der Waals surface area contributed by atoms with Gasteiger partial charge in [-0.2, -0.15) is 5.10 Å². The number of nitrogens with one attached hydrogen (secondary N) is 1. The van der Waals surface area contributed by atoms with Crippen LogP contribution in [0.5, 0.6) is 5.75 Å². The van der Waals surface area contributed by atoms with Gasteiger partial charge in [-0.3, -0.25) is 25.0 Å². The van der Waals surface area contributed by atoms with Crippen molar-refractivity contribution >= 4 is 39.4 Å². The minimum Gasteiger partial charge on any atom is -0.485 e. The Morgan fingerprint density at radius 1 is 1.28 bits per heavy atom. The lowest BCUT2D eigenvalue weighted by molar-refractivity contribution is -0.395. The third kappa shape index (κ3) is 4.17. The molecule has 0 atom stereocenters. The number of ether oxygens (including phenoxy) is 1. The summed E-state index contributed by atoms with van der Waals surface area (Å²) in [4.78, 5) is 32.4. The number of hydrogen-bond acceptors (Lipinski definition) is 8. The van der Waals surface area contributed by atoms with Crippen molar-refractivity contribution in [2.24, 2.45) is 5.10 Å². The molecule has 1 heterocycles. The number of benzene rings is 1. The van der Waals surface area contributed by atoms with E-state index in [1.807, 2.05) is 0 Å². The van der Waals surface area contributed by atoms with Gasteiger partial charge in [0.15, 0.2) is 4.67 Å². The Morgan fingerprint density at radius 3 is 2.32 bits per heavy atom. The Labute approximate surface area is 147 Å². The molecule has 0 aliphatic heterocycles. The van der Waals surface area contributed by atoms with Crippen LogP contribution in [0.25, 0.3) is 0 Å². The number of hydrogen-bond donors (Lipinski definition) is 1. The van der Waals surface area contributed by atoms with Gasteiger partial charge >= 0.3 is 11.4 Å². The second kappa shape index (κ2) is 7.53. The minimum atomic E-state index is -0.883. The predicted molar refractivity (Wildman–Crippen MR) is 87.8 cm³/mol. The molecule has 0 saturated heterocycles. The topological polar surface area (TPSA) is 150 Å². The molecule has 0 bridgehead atoms. The first kappa shape index (κ1) is 18.1. The maximum absolute atomic E-state index is 12.0. The van der Waals surface area contributed by atoms with Crippen LogP contribution in [0.15, 0.2) is 38.5 Å². The Balaban J connectivity index is 2.31. The lowest BCUT2D eigenvalue weighted by Crippen LogP contribution is -2.18. The maximum Gasteiger partial charge on any atom is 0.319 e. The molecule has 0 radical (unpaired) electrons. The van der Waals surface area contributed by atoms with Crippen LogP contribution in [0, 0.1) is 20.2 Å². The smallest absolute Gasteiger partial charge is 0.319 e. The van der Waals surface area contributed by atoms with Gasteiger partial charge in [-0.15, -0.1) is 0 Å². The van der Waals surface area contributed by atoms with E-state index in [-0.39, 0.29) is 5.56 Å². The molecule has 11 nitrogen and oxygen atoms in total. The number of halogens is 1. The van der Waals surface area contributed by atoms with Gasteiger partial charge in [0.25, 0.3) is 11.7 Å². The molecule has 2 rings (SSSR count). The number of nitro benzene ring substituents is 2. The van der Waals surface area contributed by atoms with Crippen LogP contribution in [-0.4, -0.2) is 29.1 Å². The Kier molecular flexibility index (Phi) is 5.44. The molecule has 1 amide bonds. The highest BCUT2D eigenvalue weighted by atomic mass is 79.9. The van der Waals surface area contributed by atoms with E-state index in [1.54, 1.807) is 12.1 Å². The van der Waals surface area contributed by atoms with Crippen molar-refractivity contribution in [3.05, 3.63) is 60.5 Å². The summed E-state index contributed by atoms with van der Waals surface area (Å²) in [5, 5.41) is 25.7. The summed E-state index contributed by atoms with van der Waals surface area (Å²) in [5.74, 6) is -1.09. The molecule has 0 aliphatic rings. The number of methoxy groups -OCH3 is 1. The molecule has 0 fully saturated rings. The van der Waals surface area contributed by atoms with E-state index in [9.17, 15) is 25.0 Å². The van der Waals surface area contributed by atoms with Crippen molar-refractivity contribution < 1.29 is 23.8 Å². The van der Waals surface area contributed by atoms with Gasteiger partial charge in [0.2, 0.25) is 0 Å². The highest BCUT2D eigenvalue weighted by Gasteiger charge is 2.29. The van der Waals surface area contributed by atoms with E-state index in [4.69, 9.17) is 9.15 Å².